The van der Waals surface area contributed by atoms with E-state index in [0.29, 0.717) is 24.6 Å². The Bertz CT molecular complexity index is 545. The number of rotatable bonds is 6. The first-order valence-electron chi connectivity index (χ1n) is 6.48. The molecule has 5 nitrogen and oxygen atoms in total. The maximum Gasteiger partial charge on any atom is 0.283 e. The Hall–Kier alpha value is -1.79. The summed E-state index contributed by atoms with van der Waals surface area (Å²) in [4.78, 5) is 4.21. The van der Waals surface area contributed by atoms with Crippen molar-refractivity contribution in [3.05, 3.63) is 35.5 Å². The van der Waals surface area contributed by atoms with Crippen LogP contribution in [-0.2, 0) is 9.47 Å². The largest absolute Gasteiger partial charge is 0.345 e. The predicted octanol–water partition coefficient (Wildman–Crippen LogP) is 3.26. The molecule has 108 valence electrons. The van der Waals surface area contributed by atoms with Crippen molar-refractivity contribution in [1.82, 2.24) is 10.1 Å². The fourth-order valence-electron chi connectivity index (χ4n) is 1.81. The van der Waals surface area contributed by atoms with Crippen LogP contribution in [0.15, 0.2) is 22.7 Å². The minimum atomic E-state index is -0.694. The molecular formula is C14H17FN2O3. The highest BCUT2D eigenvalue weighted by Gasteiger charge is 2.20. The van der Waals surface area contributed by atoms with E-state index in [4.69, 9.17) is 14.0 Å². The second-order valence-corrected chi connectivity index (χ2v) is 4.22. The number of halogens is 1. The van der Waals surface area contributed by atoms with Crippen LogP contribution in [0.3, 0.4) is 0 Å². The van der Waals surface area contributed by atoms with Crippen molar-refractivity contribution in [3.63, 3.8) is 0 Å². The molecule has 0 amide bonds. The summed E-state index contributed by atoms with van der Waals surface area (Å²) in [5.41, 5.74) is 1.35. The average Bonchev–Trinajstić information content (AvgIpc) is 2.87. The van der Waals surface area contributed by atoms with Gasteiger partial charge in [0.15, 0.2) is 0 Å². The summed E-state index contributed by atoms with van der Waals surface area (Å²) in [6.45, 7) is 6.41. The molecule has 0 aliphatic heterocycles. The molecule has 0 bridgehead atoms. The minimum absolute atomic E-state index is 0.227. The molecule has 1 aromatic carbocycles. The molecule has 1 heterocycles. The first-order chi connectivity index (χ1) is 9.63. The van der Waals surface area contributed by atoms with Gasteiger partial charge in [0, 0.05) is 18.8 Å². The smallest absolute Gasteiger partial charge is 0.283 e. The number of aryl methyl sites for hydroxylation is 1. The van der Waals surface area contributed by atoms with Gasteiger partial charge < -0.3 is 14.0 Å². The lowest BCUT2D eigenvalue weighted by molar-refractivity contribution is -0.155. The molecule has 0 radical (unpaired) electrons. The van der Waals surface area contributed by atoms with Crippen LogP contribution in [-0.4, -0.2) is 23.4 Å². The van der Waals surface area contributed by atoms with Crippen LogP contribution in [0.5, 0.6) is 0 Å². The number of ether oxygens (including phenoxy) is 2. The highest BCUT2D eigenvalue weighted by Crippen LogP contribution is 2.23. The normalized spacial score (nSPS) is 11.2. The van der Waals surface area contributed by atoms with Gasteiger partial charge in [0.1, 0.15) is 5.82 Å². The number of benzene rings is 1. The molecule has 20 heavy (non-hydrogen) atoms. The Labute approximate surface area is 116 Å². The van der Waals surface area contributed by atoms with E-state index >= 15 is 0 Å². The quantitative estimate of drug-likeness (QED) is 0.760. The summed E-state index contributed by atoms with van der Waals surface area (Å²) >= 11 is 0. The van der Waals surface area contributed by atoms with Crippen LogP contribution in [0.1, 0.15) is 31.6 Å². The van der Waals surface area contributed by atoms with Crippen molar-refractivity contribution < 1.29 is 18.4 Å². The molecular weight excluding hydrogens is 263 g/mol. The lowest BCUT2D eigenvalue weighted by atomic mass is 10.1. The third-order valence-electron chi connectivity index (χ3n) is 2.58. The van der Waals surface area contributed by atoms with Crippen LogP contribution in [0.2, 0.25) is 0 Å². The Morgan fingerprint density at radius 2 is 1.90 bits per heavy atom. The lowest BCUT2D eigenvalue weighted by Crippen LogP contribution is -2.09. The highest BCUT2D eigenvalue weighted by molar-refractivity contribution is 5.55. The summed E-state index contributed by atoms with van der Waals surface area (Å²) in [7, 11) is 0. The number of hydrogen-bond acceptors (Lipinski definition) is 5. The van der Waals surface area contributed by atoms with Crippen molar-refractivity contribution in [3.8, 4) is 11.4 Å². The zero-order chi connectivity index (χ0) is 14.5. The third-order valence-corrected chi connectivity index (χ3v) is 2.58. The van der Waals surface area contributed by atoms with E-state index in [1.807, 2.05) is 13.8 Å². The number of aromatic nitrogens is 2. The summed E-state index contributed by atoms with van der Waals surface area (Å²) in [5.74, 6) is 0.204. The molecule has 0 fully saturated rings. The molecule has 0 N–H and O–H groups in total. The highest BCUT2D eigenvalue weighted by atomic mass is 19.1. The first-order valence-corrected chi connectivity index (χ1v) is 6.48. The van der Waals surface area contributed by atoms with E-state index in [-0.39, 0.29) is 11.7 Å². The van der Waals surface area contributed by atoms with Crippen LogP contribution in [0.4, 0.5) is 4.39 Å². The molecule has 0 aliphatic rings. The average molecular weight is 280 g/mol. The van der Waals surface area contributed by atoms with Crippen LogP contribution in [0, 0.1) is 12.7 Å². The molecule has 0 unspecified atom stereocenters. The third kappa shape index (κ3) is 3.40. The fraction of sp³-hybridized carbons (Fsp3) is 0.429. The number of hydrogen-bond donors (Lipinski definition) is 0. The fourth-order valence-corrected chi connectivity index (χ4v) is 1.81. The van der Waals surface area contributed by atoms with Crippen molar-refractivity contribution in [2.45, 2.75) is 27.1 Å². The zero-order valence-electron chi connectivity index (χ0n) is 11.7. The number of nitrogens with zero attached hydrogens (tertiary/aromatic N) is 2. The molecule has 0 aliphatic carbocycles. The minimum Gasteiger partial charge on any atom is -0.345 e. The van der Waals surface area contributed by atoms with Gasteiger partial charge in [-0.2, -0.15) is 4.98 Å². The Balaban J connectivity index is 2.27. The summed E-state index contributed by atoms with van der Waals surface area (Å²) in [5, 5.41) is 3.84. The molecule has 2 aromatic rings. The van der Waals surface area contributed by atoms with Gasteiger partial charge in [-0.3, -0.25) is 0 Å². The molecule has 1 aromatic heterocycles. The summed E-state index contributed by atoms with van der Waals surface area (Å²) in [6, 6.07) is 4.58. The lowest BCUT2D eigenvalue weighted by Gasteiger charge is -2.11. The van der Waals surface area contributed by atoms with Gasteiger partial charge in [0.05, 0.1) is 0 Å². The molecule has 0 spiro atoms. The van der Waals surface area contributed by atoms with E-state index in [1.54, 1.807) is 13.0 Å². The molecule has 6 heteroatoms. The van der Waals surface area contributed by atoms with Crippen LogP contribution < -0.4 is 0 Å². The van der Waals surface area contributed by atoms with Crippen LogP contribution >= 0.6 is 0 Å². The Morgan fingerprint density at radius 3 is 2.50 bits per heavy atom. The molecule has 0 atom stereocenters. The van der Waals surface area contributed by atoms with Gasteiger partial charge in [-0.25, -0.2) is 4.39 Å². The van der Waals surface area contributed by atoms with Gasteiger partial charge >= 0.3 is 0 Å². The van der Waals surface area contributed by atoms with Crippen molar-refractivity contribution in [2.24, 2.45) is 0 Å². The van der Waals surface area contributed by atoms with Gasteiger partial charge in [-0.15, -0.1) is 0 Å². The van der Waals surface area contributed by atoms with E-state index in [1.165, 1.54) is 12.1 Å². The zero-order valence-corrected chi connectivity index (χ0v) is 11.7. The molecule has 0 saturated heterocycles. The molecule has 0 saturated carbocycles. The Morgan fingerprint density at radius 1 is 1.20 bits per heavy atom. The van der Waals surface area contributed by atoms with E-state index in [2.05, 4.69) is 10.1 Å². The summed E-state index contributed by atoms with van der Waals surface area (Å²) in [6.07, 6.45) is -0.694. The van der Waals surface area contributed by atoms with Gasteiger partial charge in [0.2, 0.25) is 12.1 Å². The van der Waals surface area contributed by atoms with E-state index in [9.17, 15) is 4.39 Å². The van der Waals surface area contributed by atoms with Crippen molar-refractivity contribution in [1.29, 1.82) is 0 Å². The second kappa shape index (κ2) is 6.58. The topological polar surface area (TPSA) is 57.4 Å². The Kier molecular flexibility index (Phi) is 4.81. The van der Waals surface area contributed by atoms with E-state index in [0.717, 1.165) is 5.56 Å². The maximum absolute atomic E-state index is 13.4. The van der Waals surface area contributed by atoms with E-state index < -0.39 is 6.29 Å². The predicted molar refractivity (Wildman–Crippen MR) is 70.4 cm³/mol. The summed E-state index contributed by atoms with van der Waals surface area (Å²) < 4.78 is 29.3. The van der Waals surface area contributed by atoms with Gasteiger partial charge in [-0.05, 0) is 44.5 Å². The maximum atomic E-state index is 13.4. The van der Waals surface area contributed by atoms with Crippen molar-refractivity contribution >= 4 is 0 Å². The molecule has 2 rings (SSSR count). The van der Waals surface area contributed by atoms with Gasteiger partial charge in [-0.1, -0.05) is 5.16 Å². The van der Waals surface area contributed by atoms with Gasteiger partial charge in [0.25, 0.3) is 5.89 Å². The standard InChI is InChI=1S/C14H17FN2O3/c1-4-18-14(19-5-2)13-16-12(17-20-13)10-6-9(3)7-11(15)8-10/h6-8,14H,4-5H2,1-3H3. The van der Waals surface area contributed by atoms with Crippen LogP contribution in [0.25, 0.3) is 11.4 Å². The second-order valence-electron chi connectivity index (χ2n) is 4.22. The SMILES string of the molecule is CCOC(OCC)c1nc(-c2cc(C)cc(F)c2)no1. The monoisotopic (exact) mass is 280 g/mol. The first kappa shape index (κ1) is 14.6. The van der Waals surface area contributed by atoms with Crippen molar-refractivity contribution in [2.75, 3.05) is 13.2 Å².